The standard InChI is InChI=1S/C19H20F3NO3S/c1-13-5-7-17(8-6-13)27-12-18(25)23-10-15(24)11-26-16-4-2-3-14(9-16)19(20,21)22/h2-9,15,24H,10-12H2,1H3,(H,23,25). The van der Waals surface area contributed by atoms with Gasteiger partial charge in [0.25, 0.3) is 0 Å². The normalized spacial score (nSPS) is 12.5. The number of carbonyl (C=O) groups excluding carboxylic acids is 1. The molecule has 0 aliphatic rings. The van der Waals surface area contributed by atoms with Gasteiger partial charge in [-0.1, -0.05) is 23.8 Å². The highest BCUT2D eigenvalue weighted by molar-refractivity contribution is 8.00. The van der Waals surface area contributed by atoms with Crippen LogP contribution in [0.2, 0.25) is 0 Å². The summed E-state index contributed by atoms with van der Waals surface area (Å²) >= 11 is 1.37. The fraction of sp³-hybridized carbons (Fsp3) is 0.316. The zero-order valence-electron chi connectivity index (χ0n) is 14.6. The molecule has 0 spiro atoms. The molecule has 0 fully saturated rings. The third-order valence-corrected chi connectivity index (χ3v) is 4.54. The number of thioether (sulfide) groups is 1. The minimum absolute atomic E-state index is 0.00475. The Morgan fingerprint density at radius 2 is 1.93 bits per heavy atom. The molecule has 27 heavy (non-hydrogen) atoms. The molecule has 0 aliphatic carbocycles. The second-order valence-corrected chi connectivity index (χ2v) is 6.94. The molecule has 1 atom stereocenters. The first-order chi connectivity index (χ1) is 12.7. The van der Waals surface area contributed by atoms with Crippen molar-refractivity contribution in [3.63, 3.8) is 0 Å². The molecule has 1 unspecified atom stereocenters. The number of hydrogen-bond donors (Lipinski definition) is 2. The van der Waals surface area contributed by atoms with Crippen LogP contribution in [0.3, 0.4) is 0 Å². The summed E-state index contributed by atoms with van der Waals surface area (Å²) in [6.07, 6.45) is -5.49. The van der Waals surface area contributed by atoms with Crippen LogP contribution in [0.1, 0.15) is 11.1 Å². The molecule has 8 heteroatoms. The molecule has 1 amide bonds. The molecule has 0 radical (unpaired) electrons. The van der Waals surface area contributed by atoms with E-state index in [-0.39, 0.29) is 30.6 Å². The van der Waals surface area contributed by atoms with Gasteiger partial charge in [0.05, 0.1) is 11.3 Å². The van der Waals surface area contributed by atoms with Gasteiger partial charge in [0.15, 0.2) is 0 Å². The van der Waals surface area contributed by atoms with E-state index in [4.69, 9.17) is 4.74 Å². The topological polar surface area (TPSA) is 58.6 Å². The van der Waals surface area contributed by atoms with Gasteiger partial charge >= 0.3 is 6.18 Å². The van der Waals surface area contributed by atoms with Gasteiger partial charge in [-0.15, -0.1) is 11.8 Å². The van der Waals surface area contributed by atoms with Crippen LogP contribution in [-0.4, -0.2) is 36.0 Å². The second-order valence-electron chi connectivity index (χ2n) is 5.90. The number of ether oxygens (including phenoxy) is 1. The Kier molecular flexibility index (Phi) is 7.55. The first-order valence-corrected chi connectivity index (χ1v) is 9.17. The number of aliphatic hydroxyl groups excluding tert-OH is 1. The van der Waals surface area contributed by atoms with Crippen LogP contribution in [-0.2, 0) is 11.0 Å². The number of aliphatic hydroxyl groups is 1. The maximum atomic E-state index is 12.6. The Morgan fingerprint density at radius 3 is 2.59 bits per heavy atom. The highest BCUT2D eigenvalue weighted by atomic mass is 32.2. The smallest absolute Gasteiger partial charge is 0.416 e. The van der Waals surface area contributed by atoms with E-state index < -0.39 is 17.8 Å². The van der Waals surface area contributed by atoms with Gasteiger partial charge in [-0.2, -0.15) is 13.2 Å². The fourth-order valence-corrected chi connectivity index (χ4v) is 2.81. The average molecular weight is 399 g/mol. The largest absolute Gasteiger partial charge is 0.491 e. The summed E-state index contributed by atoms with van der Waals surface area (Å²) in [5.41, 5.74) is 0.309. The van der Waals surface area contributed by atoms with E-state index in [9.17, 15) is 23.1 Å². The van der Waals surface area contributed by atoms with Crippen molar-refractivity contribution in [2.45, 2.75) is 24.1 Å². The first-order valence-electron chi connectivity index (χ1n) is 8.18. The molecule has 0 heterocycles. The zero-order valence-corrected chi connectivity index (χ0v) is 15.4. The minimum atomic E-state index is -4.46. The maximum Gasteiger partial charge on any atom is 0.416 e. The number of nitrogens with one attached hydrogen (secondary N) is 1. The number of halogens is 3. The number of rotatable bonds is 8. The van der Waals surface area contributed by atoms with Gasteiger partial charge in [0, 0.05) is 11.4 Å². The lowest BCUT2D eigenvalue weighted by atomic mass is 10.2. The molecule has 0 bridgehead atoms. The third-order valence-electron chi connectivity index (χ3n) is 3.53. The van der Waals surface area contributed by atoms with Crippen molar-refractivity contribution in [1.29, 1.82) is 0 Å². The maximum absolute atomic E-state index is 12.6. The van der Waals surface area contributed by atoms with Gasteiger partial charge in [-0.3, -0.25) is 4.79 Å². The van der Waals surface area contributed by atoms with Gasteiger partial charge in [0.2, 0.25) is 5.91 Å². The molecule has 2 aromatic carbocycles. The van der Waals surface area contributed by atoms with Crippen LogP contribution in [0.15, 0.2) is 53.4 Å². The monoisotopic (exact) mass is 399 g/mol. The molecule has 4 nitrogen and oxygen atoms in total. The van der Waals surface area contributed by atoms with Crippen molar-refractivity contribution in [1.82, 2.24) is 5.32 Å². The Morgan fingerprint density at radius 1 is 1.22 bits per heavy atom. The molecule has 0 saturated heterocycles. The molecule has 0 aromatic heterocycles. The molecule has 0 aliphatic heterocycles. The van der Waals surface area contributed by atoms with E-state index in [0.29, 0.717) is 0 Å². The van der Waals surface area contributed by atoms with Crippen molar-refractivity contribution in [2.24, 2.45) is 0 Å². The highest BCUT2D eigenvalue weighted by Gasteiger charge is 2.30. The Labute approximate surface area is 159 Å². The molecule has 0 saturated carbocycles. The summed E-state index contributed by atoms with van der Waals surface area (Å²) in [6, 6.07) is 12.2. The van der Waals surface area contributed by atoms with Crippen LogP contribution in [0, 0.1) is 6.92 Å². The summed E-state index contributed by atoms with van der Waals surface area (Å²) in [4.78, 5) is 12.8. The van der Waals surface area contributed by atoms with Crippen molar-refractivity contribution in [3.05, 3.63) is 59.7 Å². The summed E-state index contributed by atoms with van der Waals surface area (Å²) < 4.78 is 43.1. The summed E-state index contributed by atoms with van der Waals surface area (Å²) in [6.45, 7) is 1.70. The van der Waals surface area contributed by atoms with E-state index in [0.717, 1.165) is 22.6 Å². The third kappa shape index (κ3) is 7.52. The molecule has 2 N–H and O–H groups in total. The first kappa shape index (κ1) is 21.1. The lowest BCUT2D eigenvalue weighted by Gasteiger charge is -2.14. The van der Waals surface area contributed by atoms with E-state index in [2.05, 4.69) is 5.32 Å². The van der Waals surface area contributed by atoms with Gasteiger partial charge in [-0.25, -0.2) is 0 Å². The van der Waals surface area contributed by atoms with Crippen LogP contribution in [0.4, 0.5) is 13.2 Å². The fourth-order valence-electron chi connectivity index (χ4n) is 2.08. The molecule has 2 aromatic rings. The van der Waals surface area contributed by atoms with Gasteiger partial charge in [-0.05, 0) is 37.3 Å². The lowest BCUT2D eigenvalue weighted by molar-refractivity contribution is -0.137. The minimum Gasteiger partial charge on any atom is -0.491 e. The molecular weight excluding hydrogens is 379 g/mol. The SMILES string of the molecule is Cc1ccc(SCC(=O)NCC(O)COc2cccc(C(F)(F)F)c2)cc1. The van der Waals surface area contributed by atoms with Crippen LogP contribution in [0.5, 0.6) is 5.75 Å². The van der Waals surface area contributed by atoms with Crippen molar-refractivity contribution in [3.8, 4) is 5.75 Å². The van der Waals surface area contributed by atoms with Crippen LogP contribution >= 0.6 is 11.8 Å². The van der Waals surface area contributed by atoms with E-state index in [1.54, 1.807) is 0 Å². The number of amides is 1. The summed E-state index contributed by atoms with van der Waals surface area (Å²) in [7, 11) is 0. The zero-order chi connectivity index (χ0) is 19.9. The van der Waals surface area contributed by atoms with E-state index >= 15 is 0 Å². The molecule has 2 rings (SSSR count). The number of alkyl halides is 3. The van der Waals surface area contributed by atoms with Gasteiger partial charge < -0.3 is 15.2 Å². The molecule has 146 valence electrons. The van der Waals surface area contributed by atoms with Gasteiger partial charge in [0.1, 0.15) is 18.5 Å². The number of hydrogen-bond acceptors (Lipinski definition) is 4. The Balaban J connectivity index is 1.70. The number of benzene rings is 2. The summed E-state index contributed by atoms with van der Waals surface area (Å²) in [5.74, 6) is -0.0478. The van der Waals surface area contributed by atoms with E-state index in [1.165, 1.54) is 23.9 Å². The van der Waals surface area contributed by atoms with Crippen LogP contribution in [0.25, 0.3) is 0 Å². The predicted molar refractivity (Wildman–Crippen MR) is 97.9 cm³/mol. The Hall–Kier alpha value is -2.19. The average Bonchev–Trinajstić information content (AvgIpc) is 2.64. The number of carbonyl (C=O) groups is 1. The Bertz CT molecular complexity index is 751. The lowest BCUT2D eigenvalue weighted by Crippen LogP contribution is -2.36. The second kappa shape index (κ2) is 9.66. The van der Waals surface area contributed by atoms with Crippen molar-refractivity contribution < 1.29 is 27.8 Å². The predicted octanol–water partition coefficient (Wildman–Crippen LogP) is 3.66. The van der Waals surface area contributed by atoms with Crippen molar-refractivity contribution in [2.75, 3.05) is 18.9 Å². The van der Waals surface area contributed by atoms with E-state index in [1.807, 2.05) is 31.2 Å². The van der Waals surface area contributed by atoms with Crippen LogP contribution < -0.4 is 10.1 Å². The molecular formula is C19H20F3NO3S. The summed E-state index contributed by atoms with van der Waals surface area (Å²) in [5, 5.41) is 12.4. The highest BCUT2D eigenvalue weighted by Crippen LogP contribution is 2.31. The quantitative estimate of drug-likeness (QED) is 0.665. The number of aryl methyl sites for hydroxylation is 1. The van der Waals surface area contributed by atoms with Crippen molar-refractivity contribution >= 4 is 17.7 Å².